The van der Waals surface area contributed by atoms with Crippen LogP contribution in [-0.2, 0) is 9.59 Å². The van der Waals surface area contributed by atoms with Crippen molar-refractivity contribution in [3.63, 3.8) is 0 Å². The molecular weight excluding hydrogens is 362 g/mol. The van der Waals surface area contributed by atoms with E-state index in [0.29, 0.717) is 17.1 Å². The summed E-state index contributed by atoms with van der Waals surface area (Å²) < 4.78 is 5.62. The van der Waals surface area contributed by atoms with E-state index in [9.17, 15) is 19.7 Å². The Hall–Kier alpha value is -3.55. The lowest BCUT2D eigenvalue weighted by molar-refractivity contribution is -0.384. The molecule has 3 aliphatic rings. The van der Waals surface area contributed by atoms with E-state index in [1.54, 1.807) is 30.3 Å². The largest absolute Gasteiger partial charge is 0.455 e. The van der Waals surface area contributed by atoms with Crippen LogP contribution in [0.3, 0.4) is 0 Å². The first-order valence-corrected chi connectivity index (χ1v) is 8.98. The number of hydrazone groups is 1. The highest BCUT2D eigenvalue weighted by Crippen LogP contribution is 2.52. The minimum Gasteiger partial charge on any atom is -0.455 e. The van der Waals surface area contributed by atoms with Gasteiger partial charge >= 0.3 is 0 Å². The molecule has 5 rings (SSSR count). The van der Waals surface area contributed by atoms with Gasteiger partial charge in [-0.3, -0.25) is 19.7 Å². The number of furan rings is 1. The van der Waals surface area contributed by atoms with E-state index in [-0.39, 0.29) is 41.2 Å². The number of nitro groups is 1. The van der Waals surface area contributed by atoms with Gasteiger partial charge in [-0.05, 0) is 36.5 Å². The van der Waals surface area contributed by atoms with Crippen molar-refractivity contribution in [2.45, 2.75) is 6.42 Å². The first-order chi connectivity index (χ1) is 13.5. The van der Waals surface area contributed by atoms with Crippen LogP contribution in [0.15, 0.2) is 58.1 Å². The van der Waals surface area contributed by atoms with E-state index in [1.807, 2.05) is 12.2 Å². The topological polar surface area (TPSA) is 106 Å². The first-order valence-electron chi connectivity index (χ1n) is 8.98. The van der Waals surface area contributed by atoms with Gasteiger partial charge in [0.2, 0.25) is 0 Å². The zero-order valence-corrected chi connectivity index (χ0v) is 14.6. The molecule has 2 aliphatic carbocycles. The van der Waals surface area contributed by atoms with Crippen LogP contribution in [0.5, 0.6) is 0 Å². The number of carbonyl (C=O) groups excluding carboxylic acids is 2. The fourth-order valence-electron chi connectivity index (χ4n) is 4.52. The van der Waals surface area contributed by atoms with Crippen LogP contribution in [0.2, 0.25) is 0 Å². The highest BCUT2D eigenvalue weighted by Gasteiger charge is 2.59. The Morgan fingerprint density at radius 1 is 1.07 bits per heavy atom. The van der Waals surface area contributed by atoms with Crippen molar-refractivity contribution in [1.29, 1.82) is 0 Å². The Balaban J connectivity index is 1.39. The lowest BCUT2D eigenvalue weighted by Gasteiger charge is -2.13. The predicted octanol–water partition coefficient (Wildman–Crippen LogP) is 3.00. The lowest BCUT2D eigenvalue weighted by atomic mass is 9.85. The molecule has 2 amide bonds. The van der Waals surface area contributed by atoms with Gasteiger partial charge in [-0.2, -0.15) is 10.1 Å². The second-order valence-corrected chi connectivity index (χ2v) is 7.21. The maximum absolute atomic E-state index is 12.6. The van der Waals surface area contributed by atoms with E-state index in [2.05, 4.69) is 5.10 Å². The van der Waals surface area contributed by atoms with Crippen molar-refractivity contribution >= 4 is 23.7 Å². The van der Waals surface area contributed by atoms with Crippen molar-refractivity contribution in [2.75, 3.05) is 0 Å². The number of amides is 2. The maximum Gasteiger partial charge on any atom is 0.280 e. The molecule has 2 bridgehead atoms. The van der Waals surface area contributed by atoms with Gasteiger partial charge in [0.25, 0.3) is 17.5 Å². The van der Waals surface area contributed by atoms with Crippen LogP contribution in [0.25, 0.3) is 11.3 Å². The SMILES string of the molecule is O=C1[C@@H]2[C@@H](C(=O)N1/N=C\c1ccc(-c3ccccc3[N+](=O)[O-])o1)[C@H]1C=C[C@@H]2C1. The Morgan fingerprint density at radius 3 is 2.43 bits per heavy atom. The zero-order valence-electron chi connectivity index (χ0n) is 14.6. The molecule has 8 nitrogen and oxygen atoms in total. The van der Waals surface area contributed by atoms with Gasteiger partial charge in [0.15, 0.2) is 0 Å². The van der Waals surface area contributed by atoms with Crippen molar-refractivity contribution in [3.05, 3.63) is 64.4 Å². The number of rotatable bonds is 4. The average molecular weight is 377 g/mol. The third kappa shape index (κ3) is 2.34. The number of imide groups is 1. The number of benzene rings is 1. The average Bonchev–Trinajstić information content (AvgIpc) is 3.46. The van der Waals surface area contributed by atoms with E-state index in [4.69, 9.17) is 4.42 Å². The lowest BCUT2D eigenvalue weighted by Crippen LogP contribution is -2.28. The molecule has 0 radical (unpaired) electrons. The summed E-state index contributed by atoms with van der Waals surface area (Å²) in [5.74, 6) is -0.292. The van der Waals surface area contributed by atoms with Crippen LogP contribution >= 0.6 is 0 Å². The highest BCUT2D eigenvalue weighted by molar-refractivity contribution is 6.06. The zero-order chi connectivity index (χ0) is 19.4. The Labute approximate surface area is 159 Å². The van der Waals surface area contributed by atoms with Crippen molar-refractivity contribution in [2.24, 2.45) is 28.8 Å². The minimum absolute atomic E-state index is 0.0685. The summed E-state index contributed by atoms with van der Waals surface area (Å²) in [6.07, 6.45) is 6.21. The van der Waals surface area contributed by atoms with Crippen LogP contribution in [0.4, 0.5) is 5.69 Å². The molecule has 140 valence electrons. The summed E-state index contributed by atoms with van der Waals surface area (Å²) in [7, 11) is 0. The molecule has 0 unspecified atom stereocenters. The van der Waals surface area contributed by atoms with Crippen molar-refractivity contribution in [1.82, 2.24) is 5.01 Å². The molecule has 1 saturated heterocycles. The van der Waals surface area contributed by atoms with Gasteiger partial charge in [0, 0.05) is 6.07 Å². The molecule has 2 aromatic rings. The van der Waals surface area contributed by atoms with Crippen LogP contribution in [0.1, 0.15) is 12.2 Å². The Bertz CT molecular complexity index is 1040. The molecule has 1 aromatic heterocycles. The summed E-state index contributed by atoms with van der Waals surface area (Å²) >= 11 is 0. The second-order valence-electron chi connectivity index (χ2n) is 7.21. The number of hydrogen-bond donors (Lipinski definition) is 0. The second kappa shape index (κ2) is 5.98. The van der Waals surface area contributed by atoms with Gasteiger partial charge in [-0.1, -0.05) is 24.3 Å². The fourth-order valence-corrected chi connectivity index (χ4v) is 4.52. The van der Waals surface area contributed by atoms with Crippen LogP contribution in [0, 0.1) is 33.8 Å². The Kier molecular flexibility index (Phi) is 3.55. The monoisotopic (exact) mass is 377 g/mol. The maximum atomic E-state index is 12.6. The van der Waals surface area contributed by atoms with Crippen LogP contribution in [-0.4, -0.2) is 28.0 Å². The molecule has 0 spiro atoms. The number of hydrogen-bond acceptors (Lipinski definition) is 6. The summed E-state index contributed by atoms with van der Waals surface area (Å²) in [5.41, 5.74) is 0.277. The fraction of sp³-hybridized carbons (Fsp3) is 0.250. The number of fused-ring (bicyclic) bond motifs is 5. The number of nitro benzene ring substituents is 1. The molecule has 4 atom stereocenters. The quantitative estimate of drug-likeness (QED) is 0.268. The molecule has 28 heavy (non-hydrogen) atoms. The normalized spacial score (nSPS) is 27.9. The van der Waals surface area contributed by atoms with E-state index in [0.717, 1.165) is 11.4 Å². The predicted molar refractivity (Wildman–Crippen MR) is 98.0 cm³/mol. The molecule has 1 aliphatic heterocycles. The van der Waals surface area contributed by atoms with E-state index >= 15 is 0 Å². The molecule has 8 heteroatoms. The smallest absolute Gasteiger partial charge is 0.280 e. The van der Waals surface area contributed by atoms with E-state index in [1.165, 1.54) is 12.3 Å². The van der Waals surface area contributed by atoms with Crippen LogP contribution < -0.4 is 0 Å². The third-order valence-corrected chi connectivity index (χ3v) is 5.74. The summed E-state index contributed by atoms with van der Waals surface area (Å²) in [5, 5.41) is 16.2. The summed E-state index contributed by atoms with van der Waals surface area (Å²) in [6, 6.07) is 9.43. The molecule has 0 N–H and O–H groups in total. The number of para-hydroxylation sites is 1. The molecule has 2 heterocycles. The molecule has 2 fully saturated rings. The van der Waals surface area contributed by atoms with Gasteiger partial charge in [-0.15, -0.1) is 0 Å². The summed E-state index contributed by atoms with van der Waals surface area (Å²) in [6.45, 7) is 0. The van der Waals surface area contributed by atoms with Crippen molar-refractivity contribution < 1.29 is 18.9 Å². The Morgan fingerprint density at radius 2 is 1.75 bits per heavy atom. The number of carbonyl (C=O) groups is 2. The van der Waals surface area contributed by atoms with Gasteiger partial charge in [-0.25, -0.2) is 0 Å². The first kappa shape index (κ1) is 16.6. The molecule has 1 aromatic carbocycles. The van der Waals surface area contributed by atoms with Gasteiger partial charge in [0.05, 0.1) is 28.5 Å². The van der Waals surface area contributed by atoms with Crippen molar-refractivity contribution in [3.8, 4) is 11.3 Å². The third-order valence-electron chi connectivity index (χ3n) is 5.74. The van der Waals surface area contributed by atoms with Gasteiger partial charge < -0.3 is 4.42 Å². The standard InChI is InChI=1S/C20H15N3O5/c24-19-17-11-5-6-12(9-11)18(17)20(25)22(19)21-10-13-7-8-16(28-13)14-3-1-2-4-15(14)23(26)27/h1-8,10-12,17-18H,9H2/b21-10-/t11-,12+,17-,18-/m0/s1. The van der Waals surface area contributed by atoms with Gasteiger partial charge in [0.1, 0.15) is 11.5 Å². The number of nitrogens with zero attached hydrogens (tertiary/aromatic N) is 3. The molecule has 1 saturated carbocycles. The molecular formula is C20H15N3O5. The summed E-state index contributed by atoms with van der Waals surface area (Å²) in [4.78, 5) is 35.9. The van der Waals surface area contributed by atoms with E-state index < -0.39 is 4.92 Å². The highest BCUT2D eigenvalue weighted by atomic mass is 16.6. The minimum atomic E-state index is -0.478. The number of allylic oxidation sites excluding steroid dienone is 2.